The summed E-state index contributed by atoms with van der Waals surface area (Å²) in [5.41, 5.74) is 2.65. The topological polar surface area (TPSA) is 24.5 Å². The summed E-state index contributed by atoms with van der Waals surface area (Å²) in [6, 6.07) is 13.1. The molecule has 3 rings (SSSR count). The molecule has 0 saturated carbocycles. The number of nitrogens with zero attached hydrogens (tertiary/aromatic N) is 1. The summed E-state index contributed by atoms with van der Waals surface area (Å²) < 4.78 is 5.36. The first-order valence-corrected chi connectivity index (χ1v) is 8.43. The van der Waals surface area contributed by atoms with Gasteiger partial charge in [0.1, 0.15) is 0 Å². The zero-order valence-corrected chi connectivity index (χ0v) is 13.1. The number of nitrogens with one attached hydrogen (secondary N) is 1. The van der Waals surface area contributed by atoms with Gasteiger partial charge in [0, 0.05) is 37.6 Å². The number of morpholine rings is 1. The lowest BCUT2D eigenvalue weighted by molar-refractivity contribution is 0.0384. The minimum absolute atomic E-state index is 0.879. The van der Waals surface area contributed by atoms with E-state index in [1.54, 1.807) is 11.3 Å². The molecule has 1 aromatic carbocycles. The maximum atomic E-state index is 5.36. The Kier molecular flexibility index (Phi) is 5.40. The van der Waals surface area contributed by atoms with Crippen LogP contribution in [0.1, 0.15) is 5.56 Å². The Morgan fingerprint density at radius 2 is 1.90 bits per heavy atom. The highest BCUT2D eigenvalue weighted by molar-refractivity contribution is 7.13. The second-order valence-electron chi connectivity index (χ2n) is 5.31. The fraction of sp³-hybridized carbons (Fsp3) is 0.412. The van der Waals surface area contributed by atoms with E-state index in [9.17, 15) is 0 Å². The Morgan fingerprint density at radius 1 is 1.10 bits per heavy atom. The molecule has 1 saturated heterocycles. The zero-order chi connectivity index (χ0) is 14.3. The summed E-state index contributed by atoms with van der Waals surface area (Å²) >= 11 is 1.79. The van der Waals surface area contributed by atoms with Gasteiger partial charge in [0.05, 0.1) is 13.2 Å². The van der Waals surface area contributed by atoms with Gasteiger partial charge in [-0.3, -0.25) is 4.90 Å². The van der Waals surface area contributed by atoms with Crippen molar-refractivity contribution in [2.45, 2.75) is 6.54 Å². The van der Waals surface area contributed by atoms with E-state index in [0.717, 1.165) is 45.9 Å². The highest BCUT2D eigenvalue weighted by atomic mass is 32.1. The molecule has 1 aliphatic rings. The molecule has 21 heavy (non-hydrogen) atoms. The van der Waals surface area contributed by atoms with Crippen molar-refractivity contribution in [2.24, 2.45) is 0 Å². The molecule has 1 fully saturated rings. The second-order valence-corrected chi connectivity index (χ2v) is 6.25. The van der Waals surface area contributed by atoms with Crippen LogP contribution in [0.3, 0.4) is 0 Å². The average Bonchev–Trinajstić information content (AvgIpc) is 3.08. The Morgan fingerprint density at radius 3 is 2.62 bits per heavy atom. The van der Waals surface area contributed by atoms with E-state index < -0.39 is 0 Å². The SMILES string of the molecule is c1csc(-c2ccc(CNCCN3CCOCC3)cc2)c1. The molecule has 2 heterocycles. The summed E-state index contributed by atoms with van der Waals surface area (Å²) in [5.74, 6) is 0. The molecule has 1 aromatic heterocycles. The van der Waals surface area contributed by atoms with Crippen LogP contribution >= 0.6 is 11.3 Å². The molecule has 1 N–H and O–H groups in total. The zero-order valence-electron chi connectivity index (χ0n) is 12.3. The predicted octanol–water partition coefficient (Wildman–Crippen LogP) is 2.84. The van der Waals surface area contributed by atoms with Crippen LogP contribution in [0.2, 0.25) is 0 Å². The maximum Gasteiger partial charge on any atom is 0.0594 e. The summed E-state index contributed by atoms with van der Waals surface area (Å²) in [5, 5.41) is 5.64. The van der Waals surface area contributed by atoms with Crippen molar-refractivity contribution in [1.82, 2.24) is 10.2 Å². The van der Waals surface area contributed by atoms with E-state index in [1.807, 2.05) is 0 Å². The molecular weight excluding hydrogens is 280 g/mol. The third kappa shape index (κ3) is 4.38. The fourth-order valence-electron chi connectivity index (χ4n) is 2.52. The van der Waals surface area contributed by atoms with Gasteiger partial charge >= 0.3 is 0 Å². The van der Waals surface area contributed by atoms with Gasteiger partial charge in [0.15, 0.2) is 0 Å². The van der Waals surface area contributed by atoms with Gasteiger partial charge < -0.3 is 10.1 Å². The summed E-state index contributed by atoms with van der Waals surface area (Å²) in [7, 11) is 0. The molecule has 0 radical (unpaired) electrons. The molecular formula is C17H22N2OS. The molecule has 0 atom stereocenters. The van der Waals surface area contributed by atoms with Crippen molar-refractivity contribution in [1.29, 1.82) is 0 Å². The highest BCUT2D eigenvalue weighted by Crippen LogP contribution is 2.24. The molecule has 1 aliphatic heterocycles. The van der Waals surface area contributed by atoms with Crippen LogP contribution in [0.25, 0.3) is 10.4 Å². The van der Waals surface area contributed by atoms with Crippen molar-refractivity contribution in [3.8, 4) is 10.4 Å². The first-order chi connectivity index (χ1) is 10.4. The summed E-state index contributed by atoms with van der Waals surface area (Å²) in [6.45, 7) is 6.97. The molecule has 0 amide bonds. The fourth-order valence-corrected chi connectivity index (χ4v) is 3.26. The largest absolute Gasteiger partial charge is 0.379 e. The summed E-state index contributed by atoms with van der Waals surface area (Å²) in [6.07, 6.45) is 0. The quantitative estimate of drug-likeness (QED) is 0.831. The lowest BCUT2D eigenvalue weighted by atomic mass is 10.1. The van der Waals surface area contributed by atoms with Gasteiger partial charge in [-0.05, 0) is 22.6 Å². The van der Waals surface area contributed by atoms with E-state index in [1.165, 1.54) is 16.0 Å². The first-order valence-electron chi connectivity index (χ1n) is 7.55. The third-order valence-electron chi connectivity index (χ3n) is 3.80. The lowest BCUT2D eigenvalue weighted by Crippen LogP contribution is -2.40. The molecule has 112 valence electrons. The van der Waals surface area contributed by atoms with E-state index in [2.05, 4.69) is 52.0 Å². The predicted molar refractivity (Wildman–Crippen MR) is 88.7 cm³/mol. The molecule has 3 nitrogen and oxygen atoms in total. The third-order valence-corrected chi connectivity index (χ3v) is 4.72. The molecule has 0 spiro atoms. The average molecular weight is 302 g/mol. The molecule has 0 bridgehead atoms. The van der Waals surface area contributed by atoms with E-state index in [-0.39, 0.29) is 0 Å². The normalized spacial score (nSPS) is 16.2. The van der Waals surface area contributed by atoms with Crippen LogP contribution in [0, 0.1) is 0 Å². The Labute approximate surface area is 130 Å². The standard InChI is InChI=1S/C17H22N2OS/c1-2-17(21-13-1)16-5-3-15(4-6-16)14-18-7-8-19-9-11-20-12-10-19/h1-6,13,18H,7-12,14H2. The first kappa shape index (κ1) is 14.7. The number of hydrogen-bond acceptors (Lipinski definition) is 4. The van der Waals surface area contributed by atoms with E-state index in [4.69, 9.17) is 4.74 Å². The Balaban J connectivity index is 1.41. The van der Waals surface area contributed by atoms with Crippen LogP contribution < -0.4 is 5.32 Å². The van der Waals surface area contributed by atoms with Crippen LogP contribution in [0.15, 0.2) is 41.8 Å². The van der Waals surface area contributed by atoms with Crippen molar-refractivity contribution >= 4 is 11.3 Å². The van der Waals surface area contributed by atoms with E-state index in [0.29, 0.717) is 0 Å². The van der Waals surface area contributed by atoms with Crippen LogP contribution in [0.4, 0.5) is 0 Å². The highest BCUT2D eigenvalue weighted by Gasteiger charge is 2.08. The van der Waals surface area contributed by atoms with Crippen LogP contribution in [0.5, 0.6) is 0 Å². The van der Waals surface area contributed by atoms with Gasteiger partial charge in [-0.1, -0.05) is 30.3 Å². The maximum absolute atomic E-state index is 5.36. The Hall–Kier alpha value is -1.20. The monoisotopic (exact) mass is 302 g/mol. The minimum atomic E-state index is 0.879. The van der Waals surface area contributed by atoms with Crippen molar-refractivity contribution < 1.29 is 4.74 Å². The van der Waals surface area contributed by atoms with Gasteiger partial charge in [0.2, 0.25) is 0 Å². The van der Waals surface area contributed by atoms with Crippen LogP contribution in [-0.2, 0) is 11.3 Å². The smallest absolute Gasteiger partial charge is 0.0594 e. The number of thiophene rings is 1. The van der Waals surface area contributed by atoms with Crippen molar-refractivity contribution in [3.63, 3.8) is 0 Å². The second kappa shape index (κ2) is 7.71. The molecule has 0 unspecified atom stereocenters. The number of hydrogen-bond donors (Lipinski definition) is 1. The lowest BCUT2D eigenvalue weighted by Gasteiger charge is -2.26. The number of benzene rings is 1. The Bertz CT molecular complexity index is 518. The van der Waals surface area contributed by atoms with Crippen LogP contribution in [-0.4, -0.2) is 44.3 Å². The number of ether oxygens (including phenoxy) is 1. The van der Waals surface area contributed by atoms with Gasteiger partial charge in [0.25, 0.3) is 0 Å². The van der Waals surface area contributed by atoms with E-state index >= 15 is 0 Å². The van der Waals surface area contributed by atoms with Gasteiger partial charge in [-0.15, -0.1) is 11.3 Å². The van der Waals surface area contributed by atoms with Crippen molar-refractivity contribution in [2.75, 3.05) is 39.4 Å². The molecule has 0 aliphatic carbocycles. The van der Waals surface area contributed by atoms with Gasteiger partial charge in [-0.25, -0.2) is 0 Å². The van der Waals surface area contributed by atoms with Crippen molar-refractivity contribution in [3.05, 3.63) is 47.3 Å². The van der Waals surface area contributed by atoms with Gasteiger partial charge in [-0.2, -0.15) is 0 Å². The molecule has 4 heteroatoms. The molecule has 2 aromatic rings. The number of rotatable bonds is 6. The summed E-state index contributed by atoms with van der Waals surface area (Å²) in [4.78, 5) is 3.79. The minimum Gasteiger partial charge on any atom is -0.379 e.